The van der Waals surface area contributed by atoms with Gasteiger partial charge in [0, 0.05) is 18.0 Å². The van der Waals surface area contributed by atoms with Crippen LogP contribution < -0.4 is 5.73 Å². The van der Waals surface area contributed by atoms with Crippen LogP contribution in [0.25, 0.3) is 0 Å². The van der Waals surface area contributed by atoms with Gasteiger partial charge in [0.15, 0.2) is 0 Å². The molecule has 0 aliphatic heterocycles. The first kappa shape index (κ1) is 12.5. The molecule has 1 atom stereocenters. The first-order valence-corrected chi connectivity index (χ1v) is 5.89. The highest BCUT2D eigenvalue weighted by Gasteiger charge is 2.40. The molecule has 0 aromatic carbocycles. The standard InChI is InChI=1S/C13H24N2/c1-5-6-12(14)13(15(3)4)9-7-11(2)8-10-13/h1,11-12H,6-10,14H2,2-4H3. The molecule has 15 heavy (non-hydrogen) atoms. The van der Waals surface area contributed by atoms with Crippen LogP contribution >= 0.6 is 0 Å². The highest BCUT2D eigenvalue weighted by Crippen LogP contribution is 2.37. The summed E-state index contributed by atoms with van der Waals surface area (Å²) in [5.41, 5.74) is 6.39. The Labute approximate surface area is 94.2 Å². The van der Waals surface area contributed by atoms with Crippen molar-refractivity contribution in [1.82, 2.24) is 4.90 Å². The van der Waals surface area contributed by atoms with Gasteiger partial charge >= 0.3 is 0 Å². The summed E-state index contributed by atoms with van der Waals surface area (Å²) in [5.74, 6) is 3.55. The van der Waals surface area contributed by atoms with Crippen molar-refractivity contribution in [2.24, 2.45) is 11.7 Å². The number of rotatable bonds is 3. The number of hydrogen-bond acceptors (Lipinski definition) is 2. The molecule has 2 heteroatoms. The molecule has 1 rings (SSSR count). The lowest BCUT2D eigenvalue weighted by atomic mass is 9.71. The summed E-state index contributed by atoms with van der Waals surface area (Å²) in [6, 6.07) is 0.116. The average Bonchev–Trinajstić information content (AvgIpc) is 2.19. The molecule has 2 nitrogen and oxygen atoms in total. The summed E-state index contributed by atoms with van der Waals surface area (Å²) in [6.07, 6.45) is 11.0. The van der Waals surface area contributed by atoms with Crippen molar-refractivity contribution in [2.45, 2.75) is 50.6 Å². The van der Waals surface area contributed by atoms with E-state index in [2.05, 4.69) is 31.8 Å². The van der Waals surface area contributed by atoms with Crippen LogP contribution in [0.15, 0.2) is 0 Å². The fourth-order valence-corrected chi connectivity index (χ4v) is 2.73. The maximum Gasteiger partial charge on any atom is 0.0363 e. The van der Waals surface area contributed by atoms with E-state index >= 15 is 0 Å². The predicted molar refractivity (Wildman–Crippen MR) is 65.5 cm³/mol. The minimum Gasteiger partial charge on any atom is -0.325 e. The predicted octanol–water partition coefficient (Wildman–Crippen LogP) is 1.85. The first-order chi connectivity index (χ1) is 7.03. The topological polar surface area (TPSA) is 29.3 Å². The van der Waals surface area contributed by atoms with Gasteiger partial charge in [0.05, 0.1) is 0 Å². The van der Waals surface area contributed by atoms with Crippen LogP contribution in [0.5, 0.6) is 0 Å². The fourth-order valence-electron chi connectivity index (χ4n) is 2.73. The van der Waals surface area contributed by atoms with Crippen molar-refractivity contribution in [3.05, 3.63) is 0 Å². The largest absolute Gasteiger partial charge is 0.325 e. The third kappa shape index (κ3) is 2.53. The minimum absolute atomic E-state index is 0.116. The Morgan fingerprint density at radius 3 is 2.40 bits per heavy atom. The third-order valence-electron chi connectivity index (χ3n) is 4.06. The van der Waals surface area contributed by atoms with Gasteiger partial charge in [0.1, 0.15) is 0 Å². The summed E-state index contributed by atoms with van der Waals surface area (Å²) in [6.45, 7) is 2.33. The van der Waals surface area contributed by atoms with Gasteiger partial charge in [-0.25, -0.2) is 0 Å². The van der Waals surface area contributed by atoms with Crippen LogP contribution in [0, 0.1) is 18.3 Å². The van der Waals surface area contributed by atoms with E-state index in [1.54, 1.807) is 0 Å². The smallest absolute Gasteiger partial charge is 0.0363 e. The lowest BCUT2D eigenvalue weighted by Crippen LogP contribution is -2.58. The molecular weight excluding hydrogens is 184 g/mol. The van der Waals surface area contributed by atoms with Crippen molar-refractivity contribution in [1.29, 1.82) is 0 Å². The number of terminal acetylenes is 1. The van der Waals surface area contributed by atoms with Crippen molar-refractivity contribution in [3.8, 4) is 12.3 Å². The second-order valence-corrected chi connectivity index (χ2v) is 5.20. The van der Waals surface area contributed by atoms with Crippen molar-refractivity contribution in [2.75, 3.05) is 14.1 Å². The number of nitrogens with two attached hydrogens (primary N) is 1. The molecule has 0 spiro atoms. The molecule has 0 bridgehead atoms. The van der Waals surface area contributed by atoms with E-state index in [9.17, 15) is 0 Å². The molecule has 2 N–H and O–H groups in total. The van der Waals surface area contributed by atoms with Crippen molar-refractivity contribution < 1.29 is 0 Å². The molecule has 1 unspecified atom stereocenters. The third-order valence-corrected chi connectivity index (χ3v) is 4.06. The SMILES string of the molecule is C#CCC(N)C1(N(C)C)CCC(C)CC1. The highest BCUT2D eigenvalue weighted by molar-refractivity contribution is 5.04. The van der Waals surface area contributed by atoms with Crippen LogP contribution in [0.4, 0.5) is 0 Å². The van der Waals surface area contributed by atoms with Crippen molar-refractivity contribution >= 4 is 0 Å². The van der Waals surface area contributed by atoms with Crippen LogP contribution in [-0.4, -0.2) is 30.6 Å². The van der Waals surface area contributed by atoms with E-state index in [4.69, 9.17) is 12.2 Å². The first-order valence-electron chi connectivity index (χ1n) is 5.89. The quantitative estimate of drug-likeness (QED) is 0.717. The van der Waals surface area contributed by atoms with Gasteiger partial charge < -0.3 is 10.6 Å². The van der Waals surface area contributed by atoms with E-state index in [-0.39, 0.29) is 11.6 Å². The lowest BCUT2D eigenvalue weighted by Gasteiger charge is -2.48. The van der Waals surface area contributed by atoms with Crippen LogP contribution in [-0.2, 0) is 0 Å². The molecule has 0 heterocycles. The van der Waals surface area contributed by atoms with Gasteiger partial charge in [-0.1, -0.05) is 6.92 Å². The number of hydrogen-bond donors (Lipinski definition) is 1. The zero-order valence-corrected chi connectivity index (χ0v) is 10.3. The molecular formula is C13H24N2. The zero-order valence-electron chi connectivity index (χ0n) is 10.3. The Morgan fingerprint density at radius 1 is 1.47 bits per heavy atom. The molecule has 0 saturated heterocycles. The maximum absolute atomic E-state index is 6.26. The summed E-state index contributed by atoms with van der Waals surface area (Å²) >= 11 is 0. The fraction of sp³-hybridized carbons (Fsp3) is 0.846. The summed E-state index contributed by atoms with van der Waals surface area (Å²) < 4.78 is 0. The Bertz CT molecular complexity index is 231. The highest BCUT2D eigenvalue weighted by atomic mass is 15.2. The summed E-state index contributed by atoms with van der Waals surface area (Å²) in [4.78, 5) is 2.29. The average molecular weight is 208 g/mol. The minimum atomic E-state index is 0.116. The summed E-state index contributed by atoms with van der Waals surface area (Å²) in [7, 11) is 4.26. The normalized spacial score (nSPS) is 33.7. The molecule has 1 aliphatic carbocycles. The van der Waals surface area contributed by atoms with Crippen LogP contribution in [0.3, 0.4) is 0 Å². The summed E-state index contributed by atoms with van der Waals surface area (Å²) in [5, 5.41) is 0. The van der Waals surface area contributed by atoms with Gasteiger partial charge in [0.2, 0.25) is 0 Å². The molecule has 0 aromatic heterocycles. The Balaban J connectivity index is 2.76. The van der Waals surface area contributed by atoms with E-state index in [0.29, 0.717) is 6.42 Å². The second-order valence-electron chi connectivity index (χ2n) is 5.20. The maximum atomic E-state index is 6.26. The van der Waals surface area contributed by atoms with E-state index in [0.717, 1.165) is 5.92 Å². The molecule has 1 saturated carbocycles. The lowest BCUT2D eigenvalue weighted by molar-refractivity contribution is 0.0583. The van der Waals surface area contributed by atoms with Crippen molar-refractivity contribution in [3.63, 3.8) is 0 Å². The van der Waals surface area contributed by atoms with E-state index in [1.807, 2.05) is 0 Å². The second kappa shape index (κ2) is 5.01. The van der Waals surface area contributed by atoms with E-state index < -0.39 is 0 Å². The number of likely N-dealkylation sites (N-methyl/N-ethyl adjacent to an activating group) is 1. The monoisotopic (exact) mass is 208 g/mol. The van der Waals surface area contributed by atoms with Gasteiger partial charge in [-0.2, -0.15) is 0 Å². The molecule has 86 valence electrons. The van der Waals surface area contributed by atoms with E-state index in [1.165, 1.54) is 25.7 Å². The van der Waals surface area contributed by atoms with Crippen LogP contribution in [0.2, 0.25) is 0 Å². The Kier molecular flexibility index (Phi) is 4.19. The Hall–Kier alpha value is -0.520. The molecule has 0 aromatic rings. The van der Waals surface area contributed by atoms with Gasteiger partial charge in [0.25, 0.3) is 0 Å². The van der Waals surface area contributed by atoms with Gasteiger partial charge in [-0.15, -0.1) is 12.3 Å². The zero-order chi connectivity index (χ0) is 11.5. The molecule has 1 fully saturated rings. The van der Waals surface area contributed by atoms with Crippen LogP contribution in [0.1, 0.15) is 39.0 Å². The Morgan fingerprint density at radius 2 is 2.00 bits per heavy atom. The van der Waals surface area contributed by atoms with Gasteiger partial charge in [-0.05, 0) is 45.7 Å². The molecule has 0 radical (unpaired) electrons. The van der Waals surface area contributed by atoms with Gasteiger partial charge in [-0.3, -0.25) is 0 Å². The number of nitrogens with zero attached hydrogens (tertiary/aromatic N) is 1. The molecule has 0 amide bonds. The molecule has 1 aliphatic rings.